The molecular formula is C25H27FN6O. The maximum atomic E-state index is 14.5. The van der Waals surface area contributed by atoms with Gasteiger partial charge in [-0.15, -0.1) is 0 Å². The van der Waals surface area contributed by atoms with Gasteiger partial charge in [0.1, 0.15) is 17.4 Å². The lowest BCUT2D eigenvalue weighted by Gasteiger charge is -2.60. The van der Waals surface area contributed by atoms with Crippen molar-refractivity contribution in [3.63, 3.8) is 0 Å². The first-order valence-electron chi connectivity index (χ1n) is 11.5. The minimum absolute atomic E-state index is 0.179. The molecule has 1 saturated heterocycles. The summed E-state index contributed by atoms with van der Waals surface area (Å²) in [5, 5.41) is 3.12. The van der Waals surface area contributed by atoms with Gasteiger partial charge in [0.05, 0.1) is 11.9 Å². The highest BCUT2D eigenvalue weighted by Crippen LogP contribution is 2.52. The van der Waals surface area contributed by atoms with Crippen LogP contribution in [0.2, 0.25) is 0 Å². The molecule has 0 radical (unpaired) electrons. The van der Waals surface area contributed by atoms with Crippen LogP contribution in [0.1, 0.15) is 36.7 Å². The molecule has 170 valence electrons. The number of ether oxygens (including phenoxy) is 1. The second kappa shape index (κ2) is 7.38. The Balaban J connectivity index is 1.41. The van der Waals surface area contributed by atoms with Gasteiger partial charge >= 0.3 is 6.01 Å². The number of hydrogen-bond acceptors (Lipinski definition) is 7. The van der Waals surface area contributed by atoms with Crippen molar-refractivity contribution in [2.75, 3.05) is 30.4 Å². The number of nitrogens with zero attached hydrogens (tertiary/aromatic N) is 4. The molecule has 0 amide bonds. The van der Waals surface area contributed by atoms with Crippen LogP contribution in [-0.2, 0) is 12.8 Å². The number of nitrogens with one attached hydrogen (secondary N) is 1. The van der Waals surface area contributed by atoms with E-state index in [2.05, 4.69) is 22.1 Å². The van der Waals surface area contributed by atoms with Crippen molar-refractivity contribution in [2.45, 2.75) is 38.6 Å². The molecule has 2 aliphatic carbocycles. The van der Waals surface area contributed by atoms with Crippen molar-refractivity contribution in [3.05, 3.63) is 53.2 Å². The second-order valence-corrected chi connectivity index (χ2v) is 9.36. The number of aromatic nitrogens is 3. The van der Waals surface area contributed by atoms with Crippen LogP contribution in [0.4, 0.5) is 15.9 Å². The first-order valence-corrected chi connectivity index (χ1v) is 11.5. The van der Waals surface area contributed by atoms with Crippen LogP contribution in [0.3, 0.4) is 0 Å². The van der Waals surface area contributed by atoms with E-state index in [4.69, 9.17) is 20.4 Å². The lowest BCUT2D eigenvalue weighted by molar-refractivity contribution is 0.0558. The molecule has 3 heterocycles. The van der Waals surface area contributed by atoms with Crippen LogP contribution in [-0.4, -0.2) is 41.1 Å². The van der Waals surface area contributed by atoms with Gasteiger partial charge in [-0.25, -0.2) is 4.39 Å². The monoisotopic (exact) mass is 446 g/mol. The molecule has 2 fully saturated rings. The van der Waals surface area contributed by atoms with Gasteiger partial charge in [0.15, 0.2) is 0 Å². The fourth-order valence-electron chi connectivity index (χ4n) is 5.35. The van der Waals surface area contributed by atoms with E-state index in [1.165, 1.54) is 6.07 Å². The number of anilines is 2. The Morgan fingerprint density at radius 2 is 2.12 bits per heavy atom. The van der Waals surface area contributed by atoms with Gasteiger partial charge in [-0.1, -0.05) is 6.92 Å². The molecule has 1 atom stereocenters. The topological polar surface area (TPSA) is 89.2 Å². The summed E-state index contributed by atoms with van der Waals surface area (Å²) in [6.07, 6.45) is 5.38. The summed E-state index contributed by atoms with van der Waals surface area (Å²) in [6, 6.07) is 7.47. The zero-order valence-electron chi connectivity index (χ0n) is 18.9. The minimum Gasteiger partial charge on any atom is -0.423 e. The number of pyridine rings is 1. The smallest absolute Gasteiger partial charge is 0.324 e. The lowest BCUT2D eigenvalue weighted by Crippen LogP contribution is -2.69. The Bertz CT molecular complexity index is 1240. The summed E-state index contributed by atoms with van der Waals surface area (Å²) in [4.78, 5) is 16.2. The van der Waals surface area contributed by atoms with E-state index in [1.54, 1.807) is 12.3 Å². The van der Waals surface area contributed by atoms with Crippen molar-refractivity contribution in [3.8, 4) is 22.9 Å². The molecular weight excluding hydrogens is 419 g/mol. The van der Waals surface area contributed by atoms with E-state index in [9.17, 15) is 4.39 Å². The highest BCUT2D eigenvalue weighted by Gasteiger charge is 2.54. The van der Waals surface area contributed by atoms with Crippen molar-refractivity contribution >= 4 is 11.5 Å². The standard InChI is InChI=1S/C25H27FN6O/c1-3-15-4-5-16(11-29-15)33-24-30-20-10-17-18(8-14(26)9-19(17)28-2)22(20)23(31-24)32-12-25(13-32)7-6-21(25)27/h4-5,8-9,11,21,28H,3,6-7,10,12-13,27H2,1-2H3/t21-/m1/s1. The van der Waals surface area contributed by atoms with Crippen LogP contribution in [0.5, 0.6) is 11.8 Å². The Hall–Kier alpha value is -3.26. The quantitative estimate of drug-likeness (QED) is 0.480. The number of aryl methyl sites for hydroxylation is 1. The zero-order chi connectivity index (χ0) is 22.7. The summed E-state index contributed by atoms with van der Waals surface area (Å²) in [5.74, 6) is 1.11. The van der Waals surface area contributed by atoms with Crippen molar-refractivity contribution in [2.24, 2.45) is 11.1 Å². The molecule has 3 N–H and O–H groups in total. The van der Waals surface area contributed by atoms with Crippen LogP contribution in [0.25, 0.3) is 11.1 Å². The van der Waals surface area contributed by atoms with Gasteiger partial charge < -0.3 is 20.7 Å². The third-order valence-corrected chi connectivity index (χ3v) is 7.46. The summed E-state index contributed by atoms with van der Waals surface area (Å²) in [5.41, 5.74) is 11.9. The molecule has 0 bridgehead atoms. The van der Waals surface area contributed by atoms with Crippen LogP contribution in [0, 0.1) is 11.2 Å². The Morgan fingerprint density at radius 1 is 1.27 bits per heavy atom. The highest BCUT2D eigenvalue weighted by molar-refractivity contribution is 5.88. The van der Waals surface area contributed by atoms with Gasteiger partial charge in [-0.3, -0.25) is 4.98 Å². The molecule has 2 aromatic heterocycles. The molecule has 3 aliphatic rings. The summed E-state index contributed by atoms with van der Waals surface area (Å²) in [7, 11) is 1.81. The summed E-state index contributed by atoms with van der Waals surface area (Å²) >= 11 is 0. The first-order chi connectivity index (χ1) is 16.0. The van der Waals surface area contributed by atoms with Gasteiger partial charge in [0.2, 0.25) is 0 Å². The Kier molecular flexibility index (Phi) is 4.55. The highest BCUT2D eigenvalue weighted by atomic mass is 19.1. The molecule has 8 heteroatoms. The SMILES string of the molecule is CCc1ccc(Oc2nc3c(c(N4CC5(CC[C@H]5N)C4)n2)-c2cc(F)cc(NC)c2C3)cn1. The molecule has 0 unspecified atom stereocenters. The largest absolute Gasteiger partial charge is 0.423 e. The van der Waals surface area contributed by atoms with E-state index >= 15 is 0 Å². The third-order valence-electron chi connectivity index (χ3n) is 7.46. The first kappa shape index (κ1) is 20.4. The average molecular weight is 447 g/mol. The number of halogens is 1. The number of benzene rings is 1. The predicted octanol–water partition coefficient (Wildman–Crippen LogP) is 3.91. The van der Waals surface area contributed by atoms with E-state index in [0.717, 1.165) is 71.9 Å². The predicted molar refractivity (Wildman–Crippen MR) is 125 cm³/mol. The Labute approximate surface area is 192 Å². The lowest BCUT2D eigenvalue weighted by atomic mass is 9.60. The van der Waals surface area contributed by atoms with Crippen LogP contribution in [0.15, 0.2) is 30.5 Å². The van der Waals surface area contributed by atoms with Crippen molar-refractivity contribution in [1.29, 1.82) is 0 Å². The van der Waals surface area contributed by atoms with E-state index in [0.29, 0.717) is 12.2 Å². The molecule has 6 rings (SSSR count). The van der Waals surface area contributed by atoms with Crippen molar-refractivity contribution in [1.82, 2.24) is 15.0 Å². The molecule has 1 saturated carbocycles. The van der Waals surface area contributed by atoms with E-state index in [-0.39, 0.29) is 23.3 Å². The number of fused-ring (bicyclic) bond motifs is 3. The molecule has 33 heavy (non-hydrogen) atoms. The van der Waals surface area contributed by atoms with Gasteiger partial charge in [0.25, 0.3) is 0 Å². The zero-order valence-corrected chi connectivity index (χ0v) is 18.9. The van der Waals surface area contributed by atoms with E-state index < -0.39 is 0 Å². The Morgan fingerprint density at radius 3 is 2.76 bits per heavy atom. The number of rotatable bonds is 5. The normalized spacial score (nSPS) is 19.5. The summed E-state index contributed by atoms with van der Waals surface area (Å²) < 4.78 is 20.5. The van der Waals surface area contributed by atoms with Gasteiger partial charge in [-0.2, -0.15) is 9.97 Å². The average Bonchev–Trinajstić information content (AvgIpc) is 3.15. The van der Waals surface area contributed by atoms with Gasteiger partial charge in [0, 0.05) is 55.0 Å². The third kappa shape index (κ3) is 3.15. The molecule has 1 aliphatic heterocycles. The molecule has 1 aromatic carbocycles. The van der Waals surface area contributed by atoms with Gasteiger partial charge in [-0.05, 0) is 54.7 Å². The maximum Gasteiger partial charge on any atom is 0.324 e. The fraction of sp³-hybridized carbons (Fsp3) is 0.400. The molecule has 1 spiro atoms. The minimum atomic E-state index is -0.277. The molecule has 3 aromatic rings. The number of hydrogen-bond donors (Lipinski definition) is 2. The molecule has 7 nitrogen and oxygen atoms in total. The summed E-state index contributed by atoms with van der Waals surface area (Å²) in [6.45, 7) is 3.77. The maximum absolute atomic E-state index is 14.5. The van der Waals surface area contributed by atoms with Crippen molar-refractivity contribution < 1.29 is 9.13 Å². The van der Waals surface area contributed by atoms with Crippen LogP contribution >= 0.6 is 0 Å². The fourth-order valence-corrected chi connectivity index (χ4v) is 5.35. The van der Waals surface area contributed by atoms with Crippen LogP contribution < -0.4 is 20.7 Å². The second-order valence-electron chi connectivity index (χ2n) is 9.36. The van der Waals surface area contributed by atoms with E-state index in [1.807, 2.05) is 19.2 Å². The number of nitrogens with two attached hydrogens (primary N) is 1.